The maximum Gasteiger partial charge on any atom is 0.154 e. The molecule has 0 radical (unpaired) electrons. The number of carbonyl (C=O) groups is 1. The fourth-order valence-corrected chi connectivity index (χ4v) is 0.839. The van der Waals surface area contributed by atoms with Crippen molar-refractivity contribution in [3.05, 3.63) is 0 Å². The standard InChI is InChI=1S/C7H10ClNO/c1-7(2,3-4-9)6(10)5-8/h3,5H2,1-2H3. The van der Waals surface area contributed by atoms with Crippen LogP contribution in [0.3, 0.4) is 0 Å². The van der Waals surface area contributed by atoms with E-state index in [9.17, 15) is 4.79 Å². The fourth-order valence-electron chi connectivity index (χ4n) is 0.477. The normalized spacial score (nSPS) is 10.6. The first-order chi connectivity index (χ1) is 4.54. The van der Waals surface area contributed by atoms with E-state index in [1.807, 2.05) is 6.07 Å². The lowest BCUT2D eigenvalue weighted by molar-refractivity contribution is -0.124. The maximum absolute atomic E-state index is 10.9. The van der Waals surface area contributed by atoms with Crippen molar-refractivity contribution in [3.8, 4) is 6.07 Å². The number of alkyl halides is 1. The molecular weight excluding hydrogens is 150 g/mol. The van der Waals surface area contributed by atoms with E-state index in [-0.39, 0.29) is 18.1 Å². The molecule has 0 aromatic heterocycles. The van der Waals surface area contributed by atoms with Crippen molar-refractivity contribution in [2.24, 2.45) is 5.41 Å². The van der Waals surface area contributed by atoms with Crippen molar-refractivity contribution in [1.29, 1.82) is 5.26 Å². The van der Waals surface area contributed by atoms with E-state index >= 15 is 0 Å². The average Bonchev–Trinajstić information content (AvgIpc) is 1.86. The number of nitrogens with zero attached hydrogens (tertiary/aromatic N) is 1. The molecule has 0 atom stereocenters. The van der Waals surface area contributed by atoms with E-state index in [4.69, 9.17) is 16.9 Å². The van der Waals surface area contributed by atoms with Gasteiger partial charge in [0.25, 0.3) is 0 Å². The van der Waals surface area contributed by atoms with Crippen molar-refractivity contribution >= 4 is 17.4 Å². The third-order valence-corrected chi connectivity index (χ3v) is 1.64. The van der Waals surface area contributed by atoms with E-state index in [1.165, 1.54) is 0 Å². The van der Waals surface area contributed by atoms with Crippen LogP contribution in [-0.4, -0.2) is 11.7 Å². The number of nitriles is 1. The summed E-state index contributed by atoms with van der Waals surface area (Å²) in [5.74, 6) is -0.0787. The second-order valence-corrected chi connectivity index (χ2v) is 3.04. The van der Waals surface area contributed by atoms with Crippen LogP contribution < -0.4 is 0 Å². The molecule has 0 aliphatic rings. The highest BCUT2D eigenvalue weighted by molar-refractivity contribution is 6.28. The molecule has 10 heavy (non-hydrogen) atoms. The smallest absolute Gasteiger partial charge is 0.154 e. The molecule has 0 fully saturated rings. The Labute approximate surface area is 65.8 Å². The molecular formula is C7H10ClNO. The summed E-state index contributed by atoms with van der Waals surface area (Å²) in [6, 6.07) is 1.94. The highest BCUT2D eigenvalue weighted by Crippen LogP contribution is 2.21. The van der Waals surface area contributed by atoms with Crippen LogP contribution in [0.15, 0.2) is 0 Å². The Morgan fingerprint density at radius 1 is 1.70 bits per heavy atom. The molecule has 0 N–H and O–H groups in total. The van der Waals surface area contributed by atoms with Gasteiger partial charge in [-0.3, -0.25) is 4.79 Å². The lowest BCUT2D eigenvalue weighted by atomic mass is 9.86. The Balaban J connectivity index is 4.13. The molecule has 0 unspecified atom stereocenters. The van der Waals surface area contributed by atoms with Gasteiger partial charge in [-0.25, -0.2) is 0 Å². The van der Waals surface area contributed by atoms with Crippen LogP contribution in [0.5, 0.6) is 0 Å². The van der Waals surface area contributed by atoms with Gasteiger partial charge in [0.15, 0.2) is 5.78 Å². The van der Waals surface area contributed by atoms with Gasteiger partial charge in [-0.15, -0.1) is 11.6 Å². The van der Waals surface area contributed by atoms with E-state index < -0.39 is 5.41 Å². The van der Waals surface area contributed by atoms with Crippen molar-refractivity contribution < 1.29 is 4.79 Å². The van der Waals surface area contributed by atoms with Crippen LogP contribution in [0.4, 0.5) is 0 Å². The molecule has 0 rings (SSSR count). The first kappa shape index (κ1) is 9.45. The zero-order valence-corrected chi connectivity index (χ0v) is 6.90. The van der Waals surface area contributed by atoms with E-state index in [0.29, 0.717) is 0 Å². The minimum atomic E-state index is -0.573. The summed E-state index contributed by atoms with van der Waals surface area (Å²) in [6.07, 6.45) is 0.235. The van der Waals surface area contributed by atoms with Gasteiger partial charge >= 0.3 is 0 Å². The molecule has 0 saturated heterocycles. The molecule has 0 heterocycles. The molecule has 0 aliphatic heterocycles. The third-order valence-electron chi connectivity index (χ3n) is 1.40. The second kappa shape index (κ2) is 3.58. The molecule has 0 aromatic rings. The summed E-state index contributed by atoms with van der Waals surface area (Å²) >= 11 is 5.31. The number of hydrogen-bond donors (Lipinski definition) is 0. The number of rotatable bonds is 3. The Morgan fingerprint density at radius 3 is 2.50 bits per heavy atom. The lowest BCUT2D eigenvalue weighted by Gasteiger charge is -2.16. The largest absolute Gasteiger partial charge is 0.298 e. The lowest BCUT2D eigenvalue weighted by Crippen LogP contribution is -2.24. The van der Waals surface area contributed by atoms with Gasteiger partial charge in [0, 0.05) is 11.8 Å². The molecule has 56 valence electrons. The Bertz CT molecular complexity index is 169. The van der Waals surface area contributed by atoms with Crippen molar-refractivity contribution in [2.75, 3.05) is 5.88 Å². The van der Waals surface area contributed by atoms with E-state index in [1.54, 1.807) is 13.8 Å². The Kier molecular flexibility index (Phi) is 3.38. The first-order valence-corrected chi connectivity index (χ1v) is 3.54. The predicted octanol–water partition coefficient (Wildman–Crippen LogP) is 1.73. The topological polar surface area (TPSA) is 40.9 Å². The third kappa shape index (κ3) is 2.36. The number of ketones is 1. The molecule has 0 spiro atoms. The summed E-state index contributed by atoms with van der Waals surface area (Å²) in [7, 11) is 0. The molecule has 2 nitrogen and oxygen atoms in total. The van der Waals surface area contributed by atoms with Crippen LogP contribution in [0.25, 0.3) is 0 Å². The summed E-state index contributed by atoms with van der Waals surface area (Å²) < 4.78 is 0. The zero-order chi connectivity index (χ0) is 8.20. The molecule has 0 bridgehead atoms. The van der Waals surface area contributed by atoms with Crippen molar-refractivity contribution in [2.45, 2.75) is 20.3 Å². The number of Topliss-reactive ketones (excluding diaryl/α,β-unsaturated/α-hetero) is 1. The van der Waals surface area contributed by atoms with E-state index in [2.05, 4.69) is 0 Å². The molecule has 3 heteroatoms. The summed E-state index contributed by atoms with van der Waals surface area (Å²) in [6.45, 7) is 3.45. The molecule has 0 aliphatic carbocycles. The number of halogens is 1. The second-order valence-electron chi connectivity index (χ2n) is 2.78. The van der Waals surface area contributed by atoms with Crippen molar-refractivity contribution in [1.82, 2.24) is 0 Å². The molecule has 0 amide bonds. The fraction of sp³-hybridized carbons (Fsp3) is 0.714. The minimum Gasteiger partial charge on any atom is -0.298 e. The summed E-state index contributed by atoms with van der Waals surface area (Å²) in [5, 5.41) is 8.30. The quantitative estimate of drug-likeness (QED) is 0.589. The van der Waals surface area contributed by atoms with Crippen LogP contribution in [0.1, 0.15) is 20.3 Å². The highest BCUT2D eigenvalue weighted by Gasteiger charge is 2.25. The monoisotopic (exact) mass is 159 g/mol. The van der Waals surface area contributed by atoms with Gasteiger partial charge < -0.3 is 0 Å². The molecule has 0 saturated carbocycles. The average molecular weight is 160 g/mol. The SMILES string of the molecule is CC(C)(CC#N)C(=O)CCl. The van der Waals surface area contributed by atoms with Gasteiger partial charge in [-0.1, -0.05) is 13.8 Å². The van der Waals surface area contributed by atoms with Crippen LogP contribution in [0, 0.1) is 16.7 Å². The van der Waals surface area contributed by atoms with Crippen LogP contribution >= 0.6 is 11.6 Å². The number of hydrogen-bond acceptors (Lipinski definition) is 2. The van der Waals surface area contributed by atoms with Gasteiger partial charge in [0.05, 0.1) is 11.9 Å². The van der Waals surface area contributed by atoms with Gasteiger partial charge in [0.1, 0.15) is 0 Å². The van der Waals surface area contributed by atoms with E-state index in [0.717, 1.165) is 0 Å². The first-order valence-electron chi connectivity index (χ1n) is 3.01. The highest BCUT2D eigenvalue weighted by atomic mass is 35.5. The van der Waals surface area contributed by atoms with Gasteiger partial charge in [-0.05, 0) is 0 Å². The summed E-state index contributed by atoms with van der Waals surface area (Å²) in [5.41, 5.74) is -0.573. The number of carbonyl (C=O) groups excluding carboxylic acids is 1. The van der Waals surface area contributed by atoms with Gasteiger partial charge in [0.2, 0.25) is 0 Å². The summed E-state index contributed by atoms with van der Waals surface area (Å²) in [4.78, 5) is 10.9. The molecule has 0 aromatic carbocycles. The Hall–Kier alpha value is -0.550. The maximum atomic E-state index is 10.9. The van der Waals surface area contributed by atoms with Crippen molar-refractivity contribution in [3.63, 3.8) is 0 Å². The zero-order valence-electron chi connectivity index (χ0n) is 6.15. The van der Waals surface area contributed by atoms with Crippen LogP contribution in [-0.2, 0) is 4.79 Å². The predicted molar refractivity (Wildman–Crippen MR) is 39.7 cm³/mol. The van der Waals surface area contributed by atoms with Gasteiger partial charge in [-0.2, -0.15) is 5.26 Å². The Morgan fingerprint density at radius 2 is 2.20 bits per heavy atom. The van der Waals surface area contributed by atoms with Crippen LogP contribution in [0.2, 0.25) is 0 Å². The minimum absolute atomic E-state index is 0.00528.